The van der Waals surface area contributed by atoms with Crippen LogP contribution in [0.5, 0.6) is 5.75 Å². The number of nitrogens with zero attached hydrogens (tertiary/aromatic N) is 1. The Morgan fingerprint density at radius 2 is 1.66 bits per heavy atom. The molecule has 2 aromatic carbocycles. The number of rotatable bonds is 7. The Morgan fingerprint density at radius 3 is 2.31 bits per heavy atom. The third-order valence-corrected chi connectivity index (χ3v) is 7.08. The van der Waals surface area contributed by atoms with Gasteiger partial charge in [0, 0.05) is 17.6 Å². The second-order valence-electron chi connectivity index (χ2n) is 6.78. The molecule has 3 rings (SSSR count). The van der Waals surface area contributed by atoms with E-state index in [0.29, 0.717) is 24.4 Å². The highest BCUT2D eigenvalue weighted by Gasteiger charge is 2.25. The first-order chi connectivity index (χ1) is 14.0. The molecule has 0 unspecified atom stereocenters. The van der Waals surface area contributed by atoms with Gasteiger partial charge in [0.1, 0.15) is 19.0 Å². The van der Waals surface area contributed by atoms with Crippen molar-refractivity contribution in [2.45, 2.75) is 30.6 Å². The first-order valence-corrected chi connectivity index (χ1v) is 11.9. The van der Waals surface area contributed by atoms with Crippen LogP contribution in [0.25, 0.3) is 0 Å². The number of hydrogen-bond donors (Lipinski definition) is 0. The molecule has 0 atom stereocenters. The summed E-state index contributed by atoms with van der Waals surface area (Å²) < 4.78 is 38.7. The van der Waals surface area contributed by atoms with Crippen LogP contribution in [0, 0.1) is 0 Å². The predicted octanol–water partition coefficient (Wildman–Crippen LogP) is 4.25. The molecule has 1 saturated heterocycles. The monoisotopic (exact) mass is 481 g/mol. The second kappa shape index (κ2) is 10.2. The van der Waals surface area contributed by atoms with Crippen LogP contribution in [-0.4, -0.2) is 45.0 Å². The van der Waals surface area contributed by atoms with Crippen LogP contribution < -0.4 is 4.74 Å². The maximum absolute atomic E-state index is 12.8. The van der Waals surface area contributed by atoms with E-state index in [0.717, 1.165) is 30.2 Å². The van der Waals surface area contributed by atoms with E-state index < -0.39 is 16.0 Å². The van der Waals surface area contributed by atoms with Crippen molar-refractivity contribution in [3.05, 3.63) is 58.6 Å². The fourth-order valence-corrected chi connectivity index (χ4v) is 5.02. The third kappa shape index (κ3) is 6.04. The normalized spacial score (nSPS) is 15.5. The SMILES string of the molecule is O=C(OCCOc1cccc(Br)c1)c1ccc(S(=O)(=O)N2CCCCCC2)cc1. The molecule has 0 aliphatic carbocycles. The molecule has 1 aliphatic heterocycles. The summed E-state index contributed by atoms with van der Waals surface area (Å²) in [6.07, 6.45) is 3.88. The van der Waals surface area contributed by atoms with Crippen molar-refractivity contribution in [2.75, 3.05) is 26.3 Å². The maximum atomic E-state index is 12.8. The minimum atomic E-state index is -3.53. The first-order valence-electron chi connectivity index (χ1n) is 9.62. The first kappa shape index (κ1) is 21.8. The van der Waals surface area contributed by atoms with Gasteiger partial charge < -0.3 is 9.47 Å². The quantitative estimate of drug-likeness (QED) is 0.436. The molecule has 29 heavy (non-hydrogen) atoms. The van der Waals surface area contributed by atoms with Crippen LogP contribution in [0.3, 0.4) is 0 Å². The predicted molar refractivity (Wildman–Crippen MR) is 114 cm³/mol. The molecule has 0 aromatic heterocycles. The number of carbonyl (C=O) groups is 1. The minimum Gasteiger partial charge on any atom is -0.490 e. The number of esters is 1. The Kier molecular flexibility index (Phi) is 7.69. The van der Waals surface area contributed by atoms with Crippen LogP contribution >= 0.6 is 15.9 Å². The van der Waals surface area contributed by atoms with E-state index in [4.69, 9.17) is 9.47 Å². The largest absolute Gasteiger partial charge is 0.490 e. The molecule has 0 N–H and O–H groups in total. The van der Waals surface area contributed by atoms with Crippen molar-refractivity contribution in [3.63, 3.8) is 0 Å². The van der Waals surface area contributed by atoms with Crippen LogP contribution in [0.4, 0.5) is 0 Å². The van der Waals surface area contributed by atoms with E-state index in [1.165, 1.54) is 28.6 Å². The lowest BCUT2D eigenvalue weighted by Crippen LogP contribution is -2.31. The minimum absolute atomic E-state index is 0.0964. The summed E-state index contributed by atoms with van der Waals surface area (Å²) in [4.78, 5) is 12.4. The lowest BCUT2D eigenvalue weighted by Gasteiger charge is -2.20. The van der Waals surface area contributed by atoms with E-state index in [9.17, 15) is 13.2 Å². The van der Waals surface area contributed by atoms with Crippen LogP contribution in [0.15, 0.2) is 57.9 Å². The molecule has 1 aliphatic rings. The van der Waals surface area contributed by atoms with Gasteiger partial charge in [0.2, 0.25) is 10.0 Å². The molecule has 2 aromatic rings. The molecule has 0 spiro atoms. The summed E-state index contributed by atoms with van der Waals surface area (Å²) >= 11 is 3.36. The lowest BCUT2D eigenvalue weighted by molar-refractivity contribution is 0.0450. The topological polar surface area (TPSA) is 72.9 Å². The number of sulfonamides is 1. The van der Waals surface area contributed by atoms with E-state index in [-0.39, 0.29) is 18.1 Å². The molecule has 156 valence electrons. The molecular weight excluding hydrogens is 458 g/mol. The second-order valence-corrected chi connectivity index (χ2v) is 9.64. The van der Waals surface area contributed by atoms with Gasteiger partial charge in [0.05, 0.1) is 10.5 Å². The Labute approximate surface area is 180 Å². The Bertz CT molecular complexity index is 922. The molecule has 8 heteroatoms. The van der Waals surface area contributed by atoms with Crippen molar-refractivity contribution < 1.29 is 22.7 Å². The highest BCUT2D eigenvalue weighted by molar-refractivity contribution is 9.10. The number of hydrogen-bond acceptors (Lipinski definition) is 5. The molecule has 0 amide bonds. The molecule has 6 nitrogen and oxygen atoms in total. The van der Waals surface area contributed by atoms with Crippen LogP contribution in [0.1, 0.15) is 36.0 Å². The summed E-state index contributed by atoms with van der Waals surface area (Å²) in [6.45, 7) is 1.41. The van der Waals surface area contributed by atoms with Gasteiger partial charge >= 0.3 is 5.97 Å². The maximum Gasteiger partial charge on any atom is 0.338 e. The lowest BCUT2D eigenvalue weighted by atomic mass is 10.2. The summed E-state index contributed by atoms with van der Waals surface area (Å²) in [5.41, 5.74) is 0.308. The highest BCUT2D eigenvalue weighted by Crippen LogP contribution is 2.21. The average Bonchev–Trinajstić information content (AvgIpc) is 3.01. The Hall–Kier alpha value is -1.90. The zero-order valence-electron chi connectivity index (χ0n) is 16.1. The van der Waals surface area contributed by atoms with Gasteiger partial charge in [0.25, 0.3) is 0 Å². The van der Waals surface area contributed by atoms with Gasteiger partial charge in [-0.15, -0.1) is 0 Å². The van der Waals surface area contributed by atoms with Crippen molar-refractivity contribution in [1.82, 2.24) is 4.31 Å². The van der Waals surface area contributed by atoms with Gasteiger partial charge in [-0.25, -0.2) is 13.2 Å². The molecule has 0 bridgehead atoms. The van der Waals surface area contributed by atoms with Gasteiger partial charge in [-0.3, -0.25) is 0 Å². The van der Waals surface area contributed by atoms with Crippen molar-refractivity contribution in [3.8, 4) is 5.75 Å². The van der Waals surface area contributed by atoms with Crippen molar-refractivity contribution >= 4 is 31.9 Å². The number of halogens is 1. The highest BCUT2D eigenvalue weighted by atomic mass is 79.9. The Balaban J connectivity index is 1.53. The standard InChI is InChI=1S/C21H24BrNO5S/c22-18-6-5-7-19(16-18)27-14-15-28-21(24)17-8-10-20(11-9-17)29(25,26)23-12-3-1-2-4-13-23/h5-11,16H,1-4,12-15H2. The van der Waals surface area contributed by atoms with Crippen molar-refractivity contribution in [1.29, 1.82) is 0 Å². The number of ether oxygens (including phenoxy) is 2. The van der Waals surface area contributed by atoms with Gasteiger partial charge in [0.15, 0.2) is 0 Å². The average molecular weight is 482 g/mol. The third-order valence-electron chi connectivity index (χ3n) is 4.67. The summed E-state index contributed by atoms with van der Waals surface area (Å²) in [5, 5.41) is 0. The van der Waals surface area contributed by atoms with E-state index in [2.05, 4.69) is 15.9 Å². The number of carbonyl (C=O) groups excluding carboxylic acids is 1. The van der Waals surface area contributed by atoms with E-state index >= 15 is 0 Å². The molecular formula is C21H24BrNO5S. The fraction of sp³-hybridized carbons (Fsp3) is 0.381. The smallest absolute Gasteiger partial charge is 0.338 e. The van der Waals surface area contributed by atoms with Crippen LogP contribution in [-0.2, 0) is 14.8 Å². The molecule has 0 saturated carbocycles. The van der Waals surface area contributed by atoms with Crippen molar-refractivity contribution in [2.24, 2.45) is 0 Å². The molecule has 1 fully saturated rings. The Morgan fingerprint density at radius 1 is 0.966 bits per heavy atom. The summed E-state index contributed by atoms with van der Waals surface area (Å²) in [7, 11) is -3.53. The van der Waals surface area contributed by atoms with Gasteiger partial charge in [-0.05, 0) is 55.3 Å². The van der Waals surface area contributed by atoms with E-state index in [1.807, 2.05) is 24.3 Å². The zero-order valence-corrected chi connectivity index (χ0v) is 18.5. The summed E-state index contributed by atoms with van der Waals surface area (Å²) in [6, 6.07) is 13.3. The van der Waals surface area contributed by atoms with Gasteiger partial charge in [-0.1, -0.05) is 34.8 Å². The number of benzene rings is 2. The zero-order chi connectivity index (χ0) is 20.7. The molecule has 0 radical (unpaired) electrons. The summed E-state index contributed by atoms with van der Waals surface area (Å²) in [5.74, 6) is 0.167. The molecule has 1 heterocycles. The van der Waals surface area contributed by atoms with Gasteiger partial charge in [-0.2, -0.15) is 4.31 Å². The van der Waals surface area contributed by atoms with E-state index in [1.54, 1.807) is 0 Å². The van der Waals surface area contributed by atoms with Crippen LogP contribution in [0.2, 0.25) is 0 Å². The fourth-order valence-electron chi connectivity index (χ4n) is 3.13.